The highest BCUT2D eigenvalue weighted by Crippen LogP contribution is 2.32. The molecule has 7 heteroatoms. The minimum Gasteiger partial charge on any atom is -0.321 e. The Morgan fingerprint density at radius 3 is 2.35 bits per heavy atom. The Balaban J connectivity index is 2.38. The summed E-state index contributed by atoms with van der Waals surface area (Å²) in [5.74, 6) is -1.21. The second-order valence-electron chi connectivity index (χ2n) is 4.75. The Morgan fingerprint density at radius 1 is 1.09 bits per heavy atom. The minimum absolute atomic E-state index is 0.0707. The van der Waals surface area contributed by atoms with Gasteiger partial charge in [0.2, 0.25) is 0 Å². The lowest BCUT2D eigenvalue weighted by Gasteiger charge is -2.13. The molecule has 0 fully saturated rings. The van der Waals surface area contributed by atoms with E-state index in [0.29, 0.717) is 0 Å². The van der Waals surface area contributed by atoms with Crippen LogP contribution in [0.15, 0.2) is 42.5 Å². The Bertz CT molecular complexity index is 772. The molecule has 1 amide bonds. The zero-order valence-electron chi connectivity index (χ0n) is 11.9. The first-order chi connectivity index (χ1) is 10.7. The first-order valence-corrected chi connectivity index (χ1v) is 6.86. The summed E-state index contributed by atoms with van der Waals surface area (Å²) in [4.78, 5) is 23.5. The van der Waals surface area contributed by atoms with Gasteiger partial charge in [0.1, 0.15) is 0 Å². The molecule has 0 aliphatic heterocycles. The van der Waals surface area contributed by atoms with Gasteiger partial charge in [0.25, 0.3) is 5.91 Å². The minimum atomic E-state index is -4.65. The van der Waals surface area contributed by atoms with Crippen molar-refractivity contribution in [3.8, 4) is 0 Å². The molecule has 1 N–H and O–H groups in total. The van der Waals surface area contributed by atoms with Crippen molar-refractivity contribution in [1.29, 1.82) is 0 Å². The van der Waals surface area contributed by atoms with Gasteiger partial charge in [-0.3, -0.25) is 9.59 Å². The third-order valence-corrected chi connectivity index (χ3v) is 3.43. The lowest BCUT2D eigenvalue weighted by atomic mass is 10.1. The van der Waals surface area contributed by atoms with E-state index in [1.54, 1.807) is 0 Å². The molecule has 0 saturated heterocycles. The summed E-state index contributed by atoms with van der Waals surface area (Å²) in [6, 6.07) is 8.59. The van der Waals surface area contributed by atoms with Gasteiger partial charge >= 0.3 is 6.18 Å². The van der Waals surface area contributed by atoms with Crippen LogP contribution < -0.4 is 5.32 Å². The first kappa shape index (κ1) is 17.0. The number of ketones is 1. The molecule has 0 bridgehead atoms. The van der Waals surface area contributed by atoms with Crippen LogP contribution in [0.25, 0.3) is 0 Å². The zero-order chi connectivity index (χ0) is 17.2. The van der Waals surface area contributed by atoms with Crippen molar-refractivity contribution in [2.24, 2.45) is 0 Å². The smallest absolute Gasteiger partial charge is 0.321 e. The van der Waals surface area contributed by atoms with Gasteiger partial charge < -0.3 is 5.32 Å². The average Bonchev–Trinajstić information content (AvgIpc) is 2.48. The highest BCUT2D eigenvalue weighted by atomic mass is 35.5. The molecule has 2 aromatic rings. The summed E-state index contributed by atoms with van der Waals surface area (Å²) in [7, 11) is 0. The molecule has 120 valence electrons. The fourth-order valence-electron chi connectivity index (χ4n) is 1.96. The second-order valence-corrected chi connectivity index (χ2v) is 5.16. The molecule has 0 atom stereocenters. The predicted octanol–water partition coefficient (Wildman–Crippen LogP) is 4.81. The molecular formula is C16H11ClF3NO2. The van der Waals surface area contributed by atoms with Gasteiger partial charge in [-0.2, -0.15) is 13.2 Å². The van der Waals surface area contributed by atoms with E-state index >= 15 is 0 Å². The summed E-state index contributed by atoms with van der Waals surface area (Å²) in [5, 5.41) is 2.43. The van der Waals surface area contributed by atoms with Crippen molar-refractivity contribution in [3.05, 3.63) is 64.2 Å². The SMILES string of the molecule is CC(=O)c1ccc(Cl)c(NC(=O)c2ccccc2C(F)(F)F)c1. The van der Waals surface area contributed by atoms with Gasteiger partial charge in [0.05, 0.1) is 21.8 Å². The summed E-state index contributed by atoms with van der Waals surface area (Å²) < 4.78 is 38.8. The molecule has 23 heavy (non-hydrogen) atoms. The van der Waals surface area contributed by atoms with Crippen LogP contribution in [-0.4, -0.2) is 11.7 Å². The lowest BCUT2D eigenvalue weighted by molar-refractivity contribution is -0.137. The largest absolute Gasteiger partial charge is 0.417 e. The Morgan fingerprint density at radius 2 is 1.74 bits per heavy atom. The zero-order valence-corrected chi connectivity index (χ0v) is 12.6. The quantitative estimate of drug-likeness (QED) is 0.814. The van der Waals surface area contributed by atoms with Gasteiger partial charge in [-0.1, -0.05) is 23.7 Å². The Hall–Kier alpha value is -2.34. The van der Waals surface area contributed by atoms with Gasteiger partial charge in [-0.25, -0.2) is 0 Å². The molecule has 0 aliphatic carbocycles. The van der Waals surface area contributed by atoms with Crippen molar-refractivity contribution in [2.45, 2.75) is 13.1 Å². The molecule has 3 nitrogen and oxygen atoms in total. The molecule has 0 heterocycles. The molecule has 0 saturated carbocycles. The number of carbonyl (C=O) groups is 2. The van der Waals surface area contributed by atoms with E-state index in [0.717, 1.165) is 12.1 Å². The van der Waals surface area contributed by atoms with Crippen LogP contribution in [0.2, 0.25) is 5.02 Å². The van der Waals surface area contributed by atoms with Crippen LogP contribution in [0.3, 0.4) is 0 Å². The predicted molar refractivity (Wildman–Crippen MR) is 80.9 cm³/mol. The monoisotopic (exact) mass is 341 g/mol. The molecule has 0 spiro atoms. The fraction of sp³-hybridized carbons (Fsp3) is 0.125. The number of halogens is 4. The molecule has 2 rings (SSSR count). The molecule has 0 aliphatic rings. The summed E-state index contributed by atoms with van der Waals surface area (Å²) in [6.07, 6.45) is -4.65. The number of hydrogen-bond acceptors (Lipinski definition) is 2. The Labute approximate surface area is 135 Å². The number of amides is 1. The van der Waals surface area contributed by atoms with E-state index in [9.17, 15) is 22.8 Å². The highest BCUT2D eigenvalue weighted by molar-refractivity contribution is 6.34. The number of Topliss-reactive ketones (excluding diaryl/α,β-unsaturated/α-hetero) is 1. The van der Waals surface area contributed by atoms with Crippen molar-refractivity contribution < 1.29 is 22.8 Å². The number of carbonyl (C=O) groups excluding carboxylic acids is 2. The highest BCUT2D eigenvalue weighted by Gasteiger charge is 2.34. The van der Waals surface area contributed by atoms with Gasteiger partial charge in [0, 0.05) is 5.56 Å². The molecular weight excluding hydrogens is 331 g/mol. The van der Waals surface area contributed by atoms with Crippen LogP contribution in [0, 0.1) is 0 Å². The number of hydrogen-bond donors (Lipinski definition) is 1. The van der Waals surface area contributed by atoms with E-state index in [4.69, 9.17) is 11.6 Å². The van der Waals surface area contributed by atoms with E-state index in [-0.39, 0.29) is 22.1 Å². The van der Waals surface area contributed by atoms with Crippen molar-refractivity contribution >= 4 is 29.0 Å². The van der Waals surface area contributed by atoms with Crippen LogP contribution in [0.1, 0.15) is 33.2 Å². The molecule has 0 radical (unpaired) electrons. The molecule has 2 aromatic carbocycles. The normalized spacial score (nSPS) is 11.2. The van der Waals surface area contributed by atoms with E-state index in [2.05, 4.69) is 5.32 Å². The maximum atomic E-state index is 12.9. The van der Waals surface area contributed by atoms with Crippen LogP contribution in [0.4, 0.5) is 18.9 Å². The maximum Gasteiger partial charge on any atom is 0.417 e. The summed E-state index contributed by atoms with van der Waals surface area (Å²) >= 11 is 5.91. The first-order valence-electron chi connectivity index (χ1n) is 6.48. The molecule has 0 unspecified atom stereocenters. The lowest BCUT2D eigenvalue weighted by Crippen LogP contribution is -2.19. The van der Waals surface area contributed by atoms with Crippen LogP contribution in [-0.2, 0) is 6.18 Å². The van der Waals surface area contributed by atoms with Gasteiger partial charge in [-0.05, 0) is 37.3 Å². The van der Waals surface area contributed by atoms with Crippen molar-refractivity contribution in [1.82, 2.24) is 0 Å². The van der Waals surface area contributed by atoms with E-state index in [1.165, 1.54) is 37.3 Å². The third-order valence-electron chi connectivity index (χ3n) is 3.10. The standard InChI is InChI=1S/C16H11ClF3NO2/c1-9(22)10-6-7-13(17)14(8-10)21-15(23)11-4-2-3-5-12(11)16(18,19)20/h2-8H,1H3,(H,21,23). The van der Waals surface area contributed by atoms with Crippen molar-refractivity contribution in [3.63, 3.8) is 0 Å². The number of anilines is 1. The topological polar surface area (TPSA) is 46.2 Å². The van der Waals surface area contributed by atoms with Gasteiger partial charge in [0.15, 0.2) is 5.78 Å². The summed E-state index contributed by atoms with van der Waals surface area (Å²) in [5.41, 5.74) is -1.21. The van der Waals surface area contributed by atoms with E-state index in [1.807, 2.05) is 0 Å². The second kappa shape index (κ2) is 6.42. The number of nitrogens with one attached hydrogen (secondary N) is 1. The molecule has 0 aromatic heterocycles. The fourth-order valence-corrected chi connectivity index (χ4v) is 2.12. The number of alkyl halides is 3. The number of benzene rings is 2. The third kappa shape index (κ3) is 3.90. The Kier molecular flexibility index (Phi) is 4.75. The maximum absolute atomic E-state index is 12.9. The number of rotatable bonds is 3. The van der Waals surface area contributed by atoms with Crippen LogP contribution >= 0.6 is 11.6 Å². The van der Waals surface area contributed by atoms with Crippen molar-refractivity contribution in [2.75, 3.05) is 5.32 Å². The summed E-state index contributed by atoms with van der Waals surface area (Å²) in [6.45, 7) is 1.33. The van der Waals surface area contributed by atoms with Gasteiger partial charge in [-0.15, -0.1) is 0 Å². The van der Waals surface area contributed by atoms with E-state index < -0.39 is 23.2 Å². The van der Waals surface area contributed by atoms with Crippen LogP contribution in [0.5, 0.6) is 0 Å². The average molecular weight is 342 g/mol.